The number of carbonyl (C=O) groups is 1. The second-order valence-corrected chi connectivity index (χ2v) is 2.75. The van der Waals surface area contributed by atoms with E-state index in [1.165, 1.54) is 6.08 Å². The summed E-state index contributed by atoms with van der Waals surface area (Å²) in [6.45, 7) is 0. The van der Waals surface area contributed by atoms with Gasteiger partial charge in [-0.25, -0.2) is 4.79 Å². The lowest BCUT2D eigenvalue weighted by molar-refractivity contribution is -0.131. The van der Waals surface area contributed by atoms with Gasteiger partial charge in [0.2, 0.25) is 0 Å². The first-order valence-electron chi connectivity index (χ1n) is 3.39. The molecule has 0 aromatic carbocycles. The summed E-state index contributed by atoms with van der Waals surface area (Å²) < 4.78 is 0. The summed E-state index contributed by atoms with van der Waals surface area (Å²) in [5, 5.41) is 9.17. The number of allylic oxidation sites excluding steroid dienone is 3. The Hall–Kier alpha value is -0.570. The monoisotopic (exact) mass is 218 g/mol. The molecule has 0 saturated heterocycles. The highest BCUT2D eigenvalue weighted by atomic mass is 79.9. The Kier molecular flexibility index (Phi) is 7.15. The third-order valence-electron chi connectivity index (χ3n) is 0.990. The molecular formula is C8H11BrO2. The molecular weight excluding hydrogens is 208 g/mol. The molecule has 0 aliphatic heterocycles. The van der Waals surface area contributed by atoms with Crippen LogP contribution in [0.5, 0.6) is 0 Å². The normalized spacial score (nSPS) is 11.4. The molecule has 0 bridgehead atoms. The Balaban J connectivity index is 3.36. The largest absolute Gasteiger partial charge is 0.478 e. The average molecular weight is 219 g/mol. The van der Waals surface area contributed by atoms with Gasteiger partial charge in [-0.1, -0.05) is 34.2 Å². The molecule has 0 rings (SSSR count). The standard InChI is InChI=1S/C8H11BrO2/c9-7-5-3-1-2-4-6-8(10)11/h1-2,4,6H,3,5,7H2,(H,10,11)/b2-1+,6-4+. The summed E-state index contributed by atoms with van der Waals surface area (Å²) in [5.41, 5.74) is 0. The molecule has 1 N–H and O–H groups in total. The van der Waals surface area contributed by atoms with Crippen molar-refractivity contribution in [1.82, 2.24) is 0 Å². The van der Waals surface area contributed by atoms with Crippen molar-refractivity contribution < 1.29 is 9.90 Å². The van der Waals surface area contributed by atoms with Crippen molar-refractivity contribution in [3.63, 3.8) is 0 Å². The first kappa shape index (κ1) is 10.4. The molecule has 0 unspecified atom stereocenters. The van der Waals surface area contributed by atoms with Gasteiger partial charge in [0.15, 0.2) is 0 Å². The zero-order valence-electron chi connectivity index (χ0n) is 6.16. The zero-order valence-corrected chi connectivity index (χ0v) is 7.75. The van der Waals surface area contributed by atoms with Crippen molar-refractivity contribution in [3.05, 3.63) is 24.3 Å². The second kappa shape index (κ2) is 7.54. The fourth-order valence-electron chi connectivity index (χ4n) is 0.508. The molecule has 62 valence electrons. The Bertz CT molecular complexity index is 161. The minimum absolute atomic E-state index is 0.907. The maximum atomic E-state index is 9.96. The number of unbranched alkanes of at least 4 members (excludes halogenated alkanes) is 1. The van der Waals surface area contributed by atoms with E-state index in [0.29, 0.717) is 0 Å². The average Bonchev–Trinajstić information content (AvgIpc) is 1.96. The first-order chi connectivity index (χ1) is 5.27. The van der Waals surface area contributed by atoms with Crippen LogP contribution in [0.15, 0.2) is 24.3 Å². The van der Waals surface area contributed by atoms with Crippen LogP contribution in [-0.4, -0.2) is 16.4 Å². The van der Waals surface area contributed by atoms with Gasteiger partial charge in [-0.05, 0) is 12.8 Å². The maximum absolute atomic E-state index is 9.96. The van der Waals surface area contributed by atoms with Crippen LogP contribution in [0.4, 0.5) is 0 Å². The van der Waals surface area contributed by atoms with Crippen LogP contribution in [0, 0.1) is 0 Å². The molecule has 0 aliphatic carbocycles. The highest BCUT2D eigenvalue weighted by Crippen LogP contribution is 1.94. The number of halogens is 1. The van der Waals surface area contributed by atoms with Crippen LogP contribution in [0.25, 0.3) is 0 Å². The molecule has 0 radical (unpaired) electrons. The van der Waals surface area contributed by atoms with E-state index in [-0.39, 0.29) is 0 Å². The van der Waals surface area contributed by atoms with Crippen molar-refractivity contribution in [2.75, 3.05) is 5.33 Å². The van der Waals surface area contributed by atoms with Crippen molar-refractivity contribution in [2.24, 2.45) is 0 Å². The van der Waals surface area contributed by atoms with E-state index < -0.39 is 5.97 Å². The molecule has 0 atom stereocenters. The lowest BCUT2D eigenvalue weighted by Gasteiger charge is -1.83. The lowest BCUT2D eigenvalue weighted by Crippen LogP contribution is -1.84. The molecule has 0 saturated carbocycles. The number of alkyl halides is 1. The number of hydrogen-bond donors (Lipinski definition) is 1. The van der Waals surface area contributed by atoms with E-state index in [0.717, 1.165) is 24.2 Å². The number of carboxylic acids is 1. The quantitative estimate of drug-likeness (QED) is 0.333. The van der Waals surface area contributed by atoms with E-state index in [2.05, 4.69) is 15.9 Å². The molecule has 0 amide bonds. The minimum Gasteiger partial charge on any atom is -0.478 e. The van der Waals surface area contributed by atoms with Gasteiger partial charge in [-0.3, -0.25) is 0 Å². The number of aliphatic carboxylic acids is 1. The SMILES string of the molecule is O=C(O)/C=C/C=C/CCCBr. The predicted molar refractivity (Wildman–Crippen MR) is 48.9 cm³/mol. The van der Waals surface area contributed by atoms with Gasteiger partial charge in [0.25, 0.3) is 0 Å². The summed E-state index contributed by atoms with van der Waals surface area (Å²) in [6, 6.07) is 0. The third kappa shape index (κ3) is 9.43. The maximum Gasteiger partial charge on any atom is 0.328 e. The van der Waals surface area contributed by atoms with Crippen LogP contribution in [0.3, 0.4) is 0 Å². The van der Waals surface area contributed by atoms with Gasteiger partial charge < -0.3 is 5.11 Å². The number of hydrogen-bond acceptors (Lipinski definition) is 1. The molecule has 0 aromatic heterocycles. The van der Waals surface area contributed by atoms with Crippen LogP contribution >= 0.6 is 15.9 Å². The van der Waals surface area contributed by atoms with Gasteiger partial charge in [-0.15, -0.1) is 0 Å². The molecule has 2 nitrogen and oxygen atoms in total. The van der Waals surface area contributed by atoms with Crippen LogP contribution in [-0.2, 0) is 4.79 Å². The van der Waals surface area contributed by atoms with Gasteiger partial charge in [-0.2, -0.15) is 0 Å². The van der Waals surface area contributed by atoms with Crippen molar-refractivity contribution >= 4 is 21.9 Å². The Morgan fingerprint density at radius 2 is 2.18 bits per heavy atom. The Morgan fingerprint density at radius 3 is 2.73 bits per heavy atom. The van der Waals surface area contributed by atoms with E-state index in [1.54, 1.807) is 6.08 Å². The summed E-state index contributed by atoms with van der Waals surface area (Å²) >= 11 is 3.30. The fourth-order valence-corrected chi connectivity index (χ4v) is 0.831. The van der Waals surface area contributed by atoms with Crippen LogP contribution in [0.1, 0.15) is 12.8 Å². The lowest BCUT2D eigenvalue weighted by atomic mass is 10.3. The van der Waals surface area contributed by atoms with Gasteiger partial charge in [0.1, 0.15) is 0 Å². The molecule has 0 aromatic rings. The smallest absolute Gasteiger partial charge is 0.328 e. The molecule has 0 spiro atoms. The van der Waals surface area contributed by atoms with Crippen molar-refractivity contribution in [1.29, 1.82) is 0 Å². The third-order valence-corrected chi connectivity index (χ3v) is 1.55. The Labute approximate surface area is 74.7 Å². The van der Waals surface area contributed by atoms with E-state index >= 15 is 0 Å². The highest BCUT2D eigenvalue weighted by molar-refractivity contribution is 9.09. The van der Waals surface area contributed by atoms with Gasteiger partial charge in [0.05, 0.1) is 0 Å². The van der Waals surface area contributed by atoms with Gasteiger partial charge >= 0.3 is 5.97 Å². The topological polar surface area (TPSA) is 37.3 Å². The molecule has 11 heavy (non-hydrogen) atoms. The molecule has 0 aliphatic rings. The van der Waals surface area contributed by atoms with E-state index in [4.69, 9.17) is 5.11 Å². The van der Waals surface area contributed by atoms with E-state index in [1.807, 2.05) is 6.08 Å². The molecule has 3 heteroatoms. The first-order valence-corrected chi connectivity index (χ1v) is 4.51. The number of carboxylic acid groups (broad SMARTS) is 1. The summed E-state index contributed by atoms with van der Waals surface area (Å²) in [5.74, 6) is -0.907. The summed E-state index contributed by atoms with van der Waals surface area (Å²) in [4.78, 5) is 9.96. The van der Waals surface area contributed by atoms with E-state index in [9.17, 15) is 4.79 Å². The number of rotatable bonds is 5. The van der Waals surface area contributed by atoms with Crippen molar-refractivity contribution in [3.8, 4) is 0 Å². The molecule has 0 heterocycles. The predicted octanol–water partition coefficient (Wildman–Crippen LogP) is 2.36. The van der Waals surface area contributed by atoms with Crippen LogP contribution < -0.4 is 0 Å². The second-order valence-electron chi connectivity index (χ2n) is 1.96. The highest BCUT2D eigenvalue weighted by Gasteiger charge is 1.80. The Morgan fingerprint density at radius 1 is 1.45 bits per heavy atom. The fraction of sp³-hybridized carbons (Fsp3) is 0.375. The minimum atomic E-state index is -0.907. The van der Waals surface area contributed by atoms with Crippen molar-refractivity contribution in [2.45, 2.75) is 12.8 Å². The summed E-state index contributed by atoms with van der Waals surface area (Å²) in [7, 11) is 0. The zero-order chi connectivity index (χ0) is 8.53. The van der Waals surface area contributed by atoms with Crippen LogP contribution in [0.2, 0.25) is 0 Å². The summed E-state index contributed by atoms with van der Waals surface area (Å²) in [6.07, 6.45) is 8.39. The van der Waals surface area contributed by atoms with Gasteiger partial charge in [0, 0.05) is 11.4 Å². The molecule has 0 fully saturated rings.